The number of H-pyrrole nitrogens is 1. The number of anilines is 2. The van der Waals surface area contributed by atoms with E-state index in [1.165, 1.54) is 6.07 Å². The minimum absolute atomic E-state index is 0.257. The fourth-order valence-corrected chi connectivity index (χ4v) is 3.26. The highest BCUT2D eigenvalue weighted by atomic mass is 32.1. The molecule has 3 aromatic rings. The third kappa shape index (κ3) is 4.34. The molecule has 2 aromatic heterocycles. The number of esters is 1. The summed E-state index contributed by atoms with van der Waals surface area (Å²) in [7, 11) is 0. The zero-order valence-electron chi connectivity index (χ0n) is 14.4. The first-order valence-corrected chi connectivity index (χ1v) is 8.92. The molecule has 26 heavy (non-hydrogen) atoms. The van der Waals surface area contributed by atoms with Crippen LogP contribution in [0.15, 0.2) is 41.2 Å². The summed E-state index contributed by atoms with van der Waals surface area (Å²) in [6, 6.07) is 11.2. The highest BCUT2D eigenvalue weighted by molar-refractivity contribution is 7.17. The first-order valence-electron chi connectivity index (χ1n) is 8.11. The van der Waals surface area contributed by atoms with E-state index in [2.05, 4.69) is 20.3 Å². The second-order valence-electron chi connectivity index (χ2n) is 5.53. The number of carbonyl (C=O) groups excluding carboxylic acids is 1. The summed E-state index contributed by atoms with van der Waals surface area (Å²) in [6.07, 6.45) is 0.546. The second kappa shape index (κ2) is 7.92. The molecule has 0 atom stereocenters. The van der Waals surface area contributed by atoms with E-state index in [0.29, 0.717) is 34.4 Å². The highest BCUT2D eigenvalue weighted by Crippen LogP contribution is 2.25. The van der Waals surface area contributed by atoms with Gasteiger partial charge < -0.3 is 10.1 Å². The number of aryl methyl sites for hydroxylation is 1. The summed E-state index contributed by atoms with van der Waals surface area (Å²) in [5.74, 6) is -0.123. The van der Waals surface area contributed by atoms with Gasteiger partial charge in [0.05, 0.1) is 18.0 Å². The van der Waals surface area contributed by atoms with Gasteiger partial charge in [-0.3, -0.25) is 9.78 Å². The van der Waals surface area contributed by atoms with Crippen molar-refractivity contribution in [2.75, 3.05) is 11.9 Å². The number of aromatic amines is 1. The molecule has 2 heterocycles. The van der Waals surface area contributed by atoms with Gasteiger partial charge in [-0.1, -0.05) is 41.7 Å². The third-order valence-corrected chi connectivity index (χ3v) is 4.56. The van der Waals surface area contributed by atoms with Crippen molar-refractivity contribution in [1.82, 2.24) is 15.0 Å². The van der Waals surface area contributed by atoms with Crippen LogP contribution in [0, 0.1) is 6.92 Å². The number of nitrogens with zero attached hydrogens (tertiary/aromatic N) is 2. The maximum absolute atomic E-state index is 11.9. The van der Waals surface area contributed by atoms with Crippen LogP contribution in [0.5, 0.6) is 0 Å². The normalized spacial score (nSPS) is 10.5. The van der Waals surface area contributed by atoms with Crippen molar-refractivity contribution in [1.29, 1.82) is 0 Å². The number of rotatable bonds is 6. The van der Waals surface area contributed by atoms with Crippen LogP contribution < -0.4 is 10.9 Å². The summed E-state index contributed by atoms with van der Waals surface area (Å²) < 4.78 is 5.01. The van der Waals surface area contributed by atoms with Crippen LogP contribution >= 0.6 is 11.3 Å². The van der Waals surface area contributed by atoms with Crippen molar-refractivity contribution < 1.29 is 9.53 Å². The molecular formula is C18H18N4O3S. The molecule has 0 amide bonds. The number of nitrogens with one attached hydrogen (secondary N) is 2. The molecular weight excluding hydrogens is 352 g/mol. The lowest BCUT2D eigenvalue weighted by Gasteiger charge is -2.05. The molecule has 0 spiro atoms. The molecule has 0 radical (unpaired) electrons. The van der Waals surface area contributed by atoms with E-state index in [1.54, 1.807) is 13.8 Å². The zero-order valence-corrected chi connectivity index (χ0v) is 15.2. The molecule has 3 rings (SSSR count). The predicted molar refractivity (Wildman–Crippen MR) is 100 cm³/mol. The van der Waals surface area contributed by atoms with Gasteiger partial charge in [0.15, 0.2) is 5.13 Å². The zero-order chi connectivity index (χ0) is 18.5. The number of ether oxygens (including phenoxy) is 1. The average Bonchev–Trinajstić information content (AvgIpc) is 2.96. The number of thiazole rings is 1. The van der Waals surface area contributed by atoms with Crippen molar-refractivity contribution in [3.8, 4) is 0 Å². The van der Waals surface area contributed by atoms with Gasteiger partial charge in [0.1, 0.15) is 4.88 Å². The van der Waals surface area contributed by atoms with Crippen LogP contribution in [-0.2, 0) is 11.2 Å². The Bertz CT molecular complexity index is 966. The van der Waals surface area contributed by atoms with Gasteiger partial charge in [0.2, 0.25) is 5.95 Å². The molecule has 8 heteroatoms. The second-order valence-corrected chi connectivity index (χ2v) is 6.53. The lowest BCUT2D eigenvalue weighted by molar-refractivity contribution is 0.0531. The Morgan fingerprint density at radius 1 is 1.27 bits per heavy atom. The molecule has 0 unspecified atom stereocenters. The summed E-state index contributed by atoms with van der Waals surface area (Å²) in [5.41, 5.74) is 2.01. The number of carbonyl (C=O) groups is 1. The Hall–Kier alpha value is -3.00. The maximum Gasteiger partial charge on any atom is 0.350 e. The fourth-order valence-electron chi connectivity index (χ4n) is 2.40. The topological polar surface area (TPSA) is 97.0 Å². The third-order valence-electron chi connectivity index (χ3n) is 3.51. The van der Waals surface area contributed by atoms with E-state index in [-0.39, 0.29) is 11.5 Å². The molecule has 0 bridgehead atoms. The van der Waals surface area contributed by atoms with Gasteiger partial charge in [-0.25, -0.2) is 14.8 Å². The molecule has 1 aromatic carbocycles. The predicted octanol–water partition coefficient (Wildman–Crippen LogP) is 3.05. The minimum atomic E-state index is -0.408. The van der Waals surface area contributed by atoms with Crippen LogP contribution in [0.1, 0.15) is 33.5 Å². The molecule has 0 aliphatic rings. The average molecular weight is 370 g/mol. The monoisotopic (exact) mass is 370 g/mol. The molecule has 0 fully saturated rings. The van der Waals surface area contributed by atoms with Gasteiger partial charge in [-0.05, 0) is 19.4 Å². The van der Waals surface area contributed by atoms with Crippen LogP contribution in [0.3, 0.4) is 0 Å². The first kappa shape index (κ1) is 17.8. The van der Waals surface area contributed by atoms with Crippen molar-refractivity contribution in [2.24, 2.45) is 0 Å². The van der Waals surface area contributed by atoms with Gasteiger partial charge in [-0.2, -0.15) is 0 Å². The first-order chi connectivity index (χ1) is 12.5. The highest BCUT2D eigenvalue weighted by Gasteiger charge is 2.17. The number of hydrogen-bond donors (Lipinski definition) is 2. The van der Waals surface area contributed by atoms with Crippen LogP contribution in [0.4, 0.5) is 11.1 Å². The van der Waals surface area contributed by atoms with Crippen molar-refractivity contribution in [3.63, 3.8) is 0 Å². The Morgan fingerprint density at radius 3 is 2.77 bits per heavy atom. The summed E-state index contributed by atoms with van der Waals surface area (Å²) in [4.78, 5) is 35.6. The van der Waals surface area contributed by atoms with E-state index in [1.807, 2.05) is 30.3 Å². The van der Waals surface area contributed by atoms with Gasteiger partial charge >= 0.3 is 5.97 Å². The van der Waals surface area contributed by atoms with Gasteiger partial charge in [-0.15, -0.1) is 0 Å². The van der Waals surface area contributed by atoms with Gasteiger partial charge in [0, 0.05) is 12.5 Å². The lowest BCUT2D eigenvalue weighted by atomic mass is 10.1. The van der Waals surface area contributed by atoms with E-state index < -0.39 is 5.97 Å². The SMILES string of the molecule is CCOC(=O)c1sc(Nc2nc(Cc3ccccc3)cc(=O)[nH]2)nc1C. The maximum atomic E-state index is 11.9. The van der Waals surface area contributed by atoms with Crippen molar-refractivity contribution in [2.45, 2.75) is 20.3 Å². The van der Waals surface area contributed by atoms with Crippen molar-refractivity contribution >= 4 is 28.4 Å². The Kier molecular flexibility index (Phi) is 5.43. The number of benzene rings is 1. The van der Waals surface area contributed by atoms with E-state index in [0.717, 1.165) is 16.9 Å². The summed E-state index contributed by atoms with van der Waals surface area (Å²) >= 11 is 1.16. The molecule has 0 saturated carbocycles. The van der Waals surface area contributed by atoms with Gasteiger partial charge in [0.25, 0.3) is 5.56 Å². The van der Waals surface area contributed by atoms with Crippen molar-refractivity contribution in [3.05, 3.63) is 68.6 Å². The van der Waals surface area contributed by atoms with E-state index in [9.17, 15) is 9.59 Å². The molecule has 0 aliphatic carbocycles. The van der Waals surface area contributed by atoms with E-state index in [4.69, 9.17) is 4.74 Å². The lowest BCUT2D eigenvalue weighted by Crippen LogP contribution is -2.12. The summed E-state index contributed by atoms with van der Waals surface area (Å²) in [6.45, 7) is 3.78. The minimum Gasteiger partial charge on any atom is -0.462 e. The fraction of sp³-hybridized carbons (Fsp3) is 0.222. The Labute approximate surface area is 154 Å². The Balaban J connectivity index is 1.81. The molecule has 134 valence electrons. The summed E-state index contributed by atoms with van der Waals surface area (Å²) in [5, 5.41) is 3.43. The van der Waals surface area contributed by atoms with E-state index >= 15 is 0 Å². The largest absolute Gasteiger partial charge is 0.462 e. The standard InChI is InChI=1S/C18H18N4O3S/c1-3-25-16(24)15-11(2)19-18(26-15)22-17-20-13(10-14(23)21-17)9-12-7-5-4-6-8-12/h4-8,10H,3,9H2,1-2H3,(H2,19,20,21,22,23). The Morgan fingerprint density at radius 2 is 2.04 bits per heavy atom. The molecule has 7 nitrogen and oxygen atoms in total. The molecule has 0 aliphatic heterocycles. The molecule has 0 saturated heterocycles. The quantitative estimate of drug-likeness (QED) is 0.647. The smallest absolute Gasteiger partial charge is 0.350 e. The van der Waals surface area contributed by atoms with Crippen LogP contribution in [0.2, 0.25) is 0 Å². The van der Waals surface area contributed by atoms with Crippen LogP contribution in [0.25, 0.3) is 0 Å². The number of aromatic nitrogens is 3. The molecule has 2 N–H and O–H groups in total. The van der Waals surface area contributed by atoms with Crippen LogP contribution in [-0.4, -0.2) is 27.5 Å². The number of hydrogen-bond acceptors (Lipinski definition) is 7.